The van der Waals surface area contributed by atoms with Gasteiger partial charge in [-0.3, -0.25) is 4.18 Å². The van der Waals surface area contributed by atoms with Crippen molar-refractivity contribution in [3.8, 4) is 5.75 Å². The van der Waals surface area contributed by atoms with Crippen LogP contribution in [-0.2, 0) is 20.9 Å². The number of rotatable bonds is 5. The van der Waals surface area contributed by atoms with E-state index >= 15 is 0 Å². The van der Waals surface area contributed by atoms with E-state index < -0.39 is 10.1 Å². The normalized spacial score (nSPS) is 11.8. The standard InChI is InChI=1S/C12H18O4S/c1-9(2)10-5-6-12(15-3)11(7-10)8-16-17(4,13)14/h5-7,9H,8H2,1-4H3. The average molecular weight is 258 g/mol. The predicted octanol–water partition coefficient (Wildman–Crippen LogP) is 2.29. The Morgan fingerprint density at radius 3 is 2.41 bits per heavy atom. The van der Waals surface area contributed by atoms with Crippen LogP contribution in [0.15, 0.2) is 18.2 Å². The number of hydrogen-bond acceptors (Lipinski definition) is 4. The lowest BCUT2D eigenvalue weighted by Gasteiger charge is -2.12. The molecule has 17 heavy (non-hydrogen) atoms. The topological polar surface area (TPSA) is 52.6 Å². The molecule has 0 bridgehead atoms. The van der Waals surface area contributed by atoms with Gasteiger partial charge < -0.3 is 4.74 Å². The second kappa shape index (κ2) is 5.51. The molecule has 0 aliphatic rings. The number of methoxy groups -OCH3 is 1. The summed E-state index contributed by atoms with van der Waals surface area (Å²) in [6, 6.07) is 5.71. The maximum Gasteiger partial charge on any atom is 0.264 e. The summed E-state index contributed by atoms with van der Waals surface area (Å²) in [4.78, 5) is 0. The number of ether oxygens (including phenoxy) is 1. The van der Waals surface area contributed by atoms with Crippen LogP contribution < -0.4 is 4.74 Å². The van der Waals surface area contributed by atoms with Gasteiger partial charge in [0.15, 0.2) is 0 Å². The summed E-state index contributed by atoms with van der Waals surface area (Å²) >= 11 is 0. The minimum atomic E-state index is -3.44. The predicted molar refractivity (Wildman–Crippen MR) is 66.7 cm³/mol. The van der Waals surface area contributed by atoms with Crippen molar-refractivity contribution in [3.63, 3.8) is 0 Å². The van der Waals surface area contributed by atoms with Crippen LogP contribution in [-0.4, -0.2) is 21.8 Å². The first-order valence-electron chi connectivity index (χ1n) is 5.34. The van der Waals surface area contributed by atoms with Crippen molar-refractivity contribution in [1.29, 1.82) is 0 Å². The van der Waals surface area contributed by atoms with Crippen molar-refractivity contribution < 1.29 is 17.3 Å². The third-order valence-corrected chi connectivity index (χ3v) is 2.95. The van der Waals surface area contributed by atoms with E-state index in [2.05, 4.69) is 13.8 Å². The van der Waals surface area contributed by atoms with E-state index in [0.29, 0.717) is 11.7 Å². The summed E-state index contributed by atoms with van der Waals surface area (Å²) < 4.78 is 31.9. The Hall–Kier alpha value is -1.07. The van der Waals surface area contributed by atoms with E-state index in [1.807, 2.05) is 18.2 Å². The summed E-state index contributed by atoms with van der Waals surface area (Å²) in [5, 5.41) is 0. The molecular weight excluding hydrogens is 240 g/mol. The van der Waals surface area contributed by atoms with E-state index in [0.717, 1.165) is 17.4 Å². The summed E-state index contributed by atoms with van der Waals surface area (Å²) in [5.41, 5.74) is 1.86. The molecule has 0 N–H and O–H groups in total. The monoisotopic (exact) mass is 258 g/mol. The Labute approximate surface area is 103 Å². The van der Waals surface area contributed by atoms with Crippen LogP contribution in [0, 0.1) is 0 Å². The molecule has 0 fully saturated rings. The molecule has 0 aliphatic heterocycles. The van der Waals surface area contributed by atoms with Gasteiger partial charge in [0.2, 0.25) is 0 Å². The minimum Gasteiger partial charge on any atom is -0.496 e. The van der Waals surface area contributed by atoms with Crippen LogP contribution in [0.2, 0.25) is 0 Å². The average Bonchev–Trinajstić information content (AvgIpc) is 2.24. The molecular formula is C12H18O4S. The van der Waals surface area contributed by atoms with E-state index in [1.54, 1.807) is 7.11 Å². The van der Waals surface area contributed by atoms with Gasteiger partial charge in [-0.25, -0.2) is 0 Å². The Bertz CT molecular complexity index is 477. The molecule has 1 aromatic carbocycles. The fourth-order valence-corrected chi connectivity index (χ4v) is 1.78. The van der Waals surface area contributed by atoms with Gasteiger partial charge in [0.1, 0.15) is 5.75 Å². The van der Waals surface area contributed by atoms with Gasteiger partial charge in [0.05, 0.1) is 20.0 Å². The minimum absolute atomic E-state index is 0.00255. The van der Waals surface area contributed by atoms with Crippen molar-refractivity contribution >= 4 is 10.1 Å². The van der Waals surface area contributed by atoms with Crippen molar-refractivity contribution in [3.05, 3.63) is 29.3 Å². The number of hydrogen-bond donors (Lipinski definition) is 0. The zero-order valence-electron chi connectivity index (χ0n) is 10.6. The van der Waals surface area contributed by atoms with Crippen molar-refractivity contribution in [1.82, 2.24) is 0 Å². The molecule has 0 radical (unpaired) electrons. The van der Waals surface area contributed by atoms with Crippen LogP contribution >= 0.6 is 0 Å². The first kappa shape index (κ1) is 14.0. The highest BCUT2D eigenvalue weighted by Gasteiger charge is 2.10. The second-order valence-corrected chi connectivity index (χ2v) is 5.84. The molecule has 1 rings (SSSR count). The molecule has 4 nitrogen and oxygen atoms in total. The highest BCUT2D eigenvalue weighted by Crippen LogP contribution is 2.25. The lowest BCUT2D eigenvalue weighted by Crippen LogP contribution is -2.04. The summed E-state index contributed by atoms with van der Waals surface area (Å²) in [6.07, 6.45) is 1.03. The van der Waals surface area contributed by atoms with Gasteiger partial charge in [-0.15, -0.1) is 0 Å². The summed E-state index contributed by atoms with van der Waals surface area (Å²) in [6.45, 7) is 4.15. The SMILES string of the molecule is COc1ccc(C(C)C)cc1COS(C)(=O)=O. The van der Waals surface area contributed by atoms with Gasteiger partial charge in [0.25, 0.3) is 10.1 Å². The third-order valence-electron chi connectivity index (χ3n) is 2.40. The van der Waals surface area contributed by atoms with Crippen LogP contribution in [0.5, 0.6) is 5.75 Å². The van der Waals surface area contributed by atoms with Gasteiger partial charge in [0, 0.05) is 5.56 Å². The first-order valence-corrected chi connectivity index (χ1v) is 7.16. The van der Waals surface area contributed by atoms with Crippen LogP contribution in [0.4, 0.5) is 0 Å². The molecule has 0 heterocycles. The van der Waals surface area contributed by atoms with Gasteiger partial charge in [-0.2, -0.15) is 8.42 Å². The molecule has 5 heteroatoms. The molecule has 0 saturated heterocycles. The van der Waals surface area contributed by atoms with Gasteiger partial charge >= 0.3 is 0 Å². The fourth-order valence-electron chi connectivity index (χ4n) is 1.44. The zero-order chi connectivity index (χ0) is 13.1. The Morgan fingerprint density at radius 2 is 1.94 bits per heavy atom. The van der Waals surface area contributed by atoms with Gasteiger partial charge in [-0.1, -0.05) is 19.9 Å². The lowest BCUT2D eigenvalue weighted by molar-refractivity contribution is 0.302. The quantitative estimate of drug-likeness (QED) is 0.760. The molecule has 0 unspecified atom stereocenters. The van der Waals surface area contributed by atoms with E-state index in [1.165, 1.54) is 0 Å². The molecule has 0 aliphatic carbocycles. The Balaban J connectivity index is 2.98. The fraction of sp³-hybridized carbons (Fsp3) is 0.500. The summed E-state index contributed by atoms with van der Waals surface area (Å²) in [7, 11) is -1.89. The highest BCUT2D eigenvalue weighted by atomic mass is 32.2. The maximum absolute atomic E-state index is 11.0. The maximum atomic E-state index is 11.0. The van der Waals surface area contributed by atoms with Crippen molar-refractivity contribution in [2.45, 2.75) is 26.4 Å². The van der Waals surface area contributed by atoms with E-state index in [4.69, 9.17) is 8.92 Å². The Kier molecular flexibility index (Phi) is 4.54. The van der Waals surface area contributed by atoms with Crippen LogP contribution in [0.1, 0.15) is 30.9 Å². The lowest BCUT2D eigenvalue weighted by atomic mass is 10.0. The number of benzene rings is 1. The molecule has 0 atom stereocenters. The van der Waals surface area contributed by atoms with Crippen LogP contribution in [0.3, 0.4) is 0 Å². The largest absolute Gasteiger partial charge is 0.496 e. The summed E-state index contributed by atoms with van der Waals surface area (Å²) in [5.74, 6) is 1.01. The third kappa shape index (κ3) is 4.36. The highest BCUT2D eigenvalue weighted by molar-refractivity contribution is 7.85. The van der Waals surface area contributed by atoms with Crippen LogP contribution in [0.25, 0.3) is 0 Å². The first-order chi connectivity index (χ1) is 7.83. The Morgan fingerprint density at radius 1 is 1.29 bits per heavy atom. The molecule has 0 amide bonds. The van der Waals surface area contributed by atoms with Gasteiger partial charge in [-0.05, 0) is 23.6 Å². The zero-order valence-corrected chi connectivity index (χ0v) is 11.4. The van der Waals surface area contributed by atoms with Crippen molar-refractivity contribution in [2.24, 2.45) is 0 Å². The smallest absolute Gasteiger partial charge is 0.264 e. The molecule has 0 spiro atoms. The second-order valence-electron chi connectivity index (χ2n) is 4.19. The molecule has 0 aromatic heterocycles. The van der Waals surface area contributed by atoms with Crippen molar-refractivity contribution in [2.75, 3.05) is 13.4 Å². The molecule has 0 saturated carbocycles. The van der Waals surface area contributed by atoms with E-state index in [-0.39, 0.29) is 6.61 Å². The molecule has 1 aromatic rings. The van der Waals surface area contributed by atoms with E-state index in [9.17, 15) is 8.42 Å². The molecule has 96 valence electrons.